The van der Waals surface area contributed by atoms with E-state index in [9.17, 15) is 9.59 Å². The minimum absolute atomic E-state index is 0.180. The molecule has 0 radical (unpaired) electrons. The molecule has 1 aliphatic carbocycles. The van der Waals surface area contributed by atoms with Gasteiger partial charge in [0.2, 0.25) is 5.91 Å². The molecule has 2 N–H and O–H groups in total. The zero-order valence-electron chi connectivity index (χ0n) is 13.8. The first-order valence-electron chi connectivity index (χ1n) is 8.45. The standard InChI is InChI=1S/C19H27NO2/c1-3-4-5-6-7-8-11-19(2)13-15-10-9-14(18(20)22)12-16(15)17(19)21/h9-10,12H,3-8,11,13H2,1-2H3,(H2,20,22). The van der Waals surface area contributed by atoms with Crippen molar-refractivity contribution in [2.75, 3.05) is 0 Å². The molecule has 0 bridgehead atoms. The number of primary amides is 1. The highest BCUT2D eigenvalue weighted by molar-refractivity contribution is 6.06. The number of benzene rings is 1. The van der Waals surface area contributed by atoms with Gasteiger partial charge in [0.05, 0.1) is 0 Å². The van der Waals surface area contributed by atoms with Gasteiger partial charge in [-0.25, -0.2) is 0 Å². The topological polar surface area (TPSA) is 60.2 Å². The van der Waals surface area contributed by atoms with E-state index in [1.807, 2.05) is 6.07 Å². The first-order valence-corrected chi connectivity index (χ1v) is 8.45. The molecular weight excluding hydrogens is 274 g/mol. The summed E-state index contributed by atoms with van der Waals surface area (Å²) in [6, 6.07) is 5.29. The van der Waals surface area contributed by atoms with Gasteiger partial charge < -0.3 is 5.73 Å². The third kappa shape index (κ3) is 3.57. The fraction of sp³-hybridized carbons (Fsp3) is 0.579. The fourth-order valence-corrected chi connectivity index (χ4v) is 3.42. The highest BCUT2D eigenvalue weighted by Gasteiger charge is 2.40. The summed E-state index contributed by atoms with van der Waals surface area (Å²) in [5.74, 6) is -0.292. The zero-order valence-corrected chi connectivity index (χ0v) is 13.8. The molecule has 1 atom stereocenters. The summed E-state index contributed by atoms with van der Waals surface area (Å²) in [5, 5.41) is 0. The van der Waals surface area contributed by atoms with E-state index >= 15 is 0 Å². The van der Waals surface area contributed by atoms with Gasteiger partial charge in [-0.15, -0.1) is 0 Å². The summed E-state index contributed by atoms with van der Waals surface area (Å²) in [6.07, 6.45) is 9.13. The molecule has 0 aliphatic heterocycles. The number of amides is 1. The van der Waals surface area contributed by atoms with Crippen LogP contribution in [0.2, 0.25) is 0 Å². The largest absolute Gasteiger partial charge is 0.366 e. The lowest BCUT2D eigenvalue weighted by Crippen LogP contribution is -2.24. The van der Waals surface area contributed by atoms with Crippen LogP contribution in [0.4, 0.5) is 0 Å². The Labute approximate surface area is 133 Å². The number of carbonyl (C=O) groups excluding carboxylic acids is 2. The van der Waals surface area contributed by atoms with Gasteiger partial charge in [0.15, 0.2) is 5.78 Å². The molecule has 1 aromatic carbocycles. The number of hydrogen-bond donors (Lipinski definition) is 1. The van der Waals surface area contributed by atoms with Crippen LogP contribution in [0.3, 0.4) is 0 Å². The van der Waals surface area contributed by atoms with Crippen LogP contribution in [0.25, 0.3) is 0 Å². The first kappa shape index (κ1) is 16.7. The Morgan fingerprint density at radius 3 is 2.55 bits per heavy atom. The SMILES string of the molecule is CCCCCCCCC1(C)Cc2ccc(C(N)=O)cc2C1=O. The highest BCUT2D eigenvalue weighted by atomic mass is 16.1. The summed E-state index contributed by atoms with van der Waals surface area (Å²) in [5.41, 5.74) is 7.19. The summed E-state index contributed by atoms with van der Waals surface area (Å²) in [4.78, 5) is 24.0. The maximum atomic E-state index is 12.7. The molecule has 22 heavy (non-hydrogen) atoms. The molecule has 0 saturated carbocycles. The smallest absolute Gasteiger partial charge is 0.248 e. The molecule has 0 saturated heterocycles. The second-order valence-corrected chi connectivity index (χ2v) is 6.82. The van der Waals surface area contributed by atoms with Gasteiger partial charge in [-0.3, -0.25) is 9.59 Å². The average Bonchev–Trinajstić information content (AvgIpc) is 2.74. The maximum absolute atomic E-state index is 12.7. The average molecular weight is 301 g/mol. The van der Waals surface area contributed by atoms with E-state index in [0.29, 0.717) is 11.1 Å². The first-order chi connectivity index (χ1) is 10.5. The molecule has 0 fully saturated rings. The van der Waals surface area contributed by atoms with Crippen LogP contribution in [0.15, 0.2) is 18.2 Å². The van der Waals surface area contributed by atoms with E-state index in [1.54, 1.807) is 12.1 Å². The van der Waals surface area contributed by atoms with Crippen LogP contribution in [-0.4, -0.2) is 11.7 Å². The molecule has 0 aromatic heterocycles. The van der Waals surface area contributed by atoms with Gasteiger partial charge in [-0.05, 0) is 30.5 Å². The summed E-state index contributed by atoms with van der Waals surface area (Å²) in [7, 11) is 0. The van der Waals surface area contributed by atoms with Gasteiger partial charge in [0.25, 0.3) is 0 Å². The van der Waals surface area contributed by atoms with Gasteiger partial charge in [0.1, 0.15) is 0 Å². The zero-order chi connectivity index (χ0) is 16.2. The second-order valence-electron chi connectivity index (χ2n) is 6.82. The lowest BCUT2D eigenvalue weighted by molar-refractivity contribution is 0.0826. The summed E-state index contributed by atoms with van der Waals surface area (Å²) < 4.78 is 0. The molecule has 1 amide bonds. The van der Waals surface area contributed by atoms with Crippen molar-refractivity contribution in [2.24, 2.45) is 11.1 Å². The van der Waals surface area contributed by atoms with Crippen molar-refractivity contribution in [3.63, 3.8) is 0 Å². The predicted molar refractivity (Wildman–Crippen MR) is 89.1 cm³/mol. The third-order valence-corrected chi connectivity index (χ3v) is 4.85. The molecule has 1 unspecified atom stereocenters. The number of rotatable bonds is 8. The normalized spacial score (nSPS) is 20.2. The Morgan fingerprint density at radius 2 is 1.86 bits per heavy atom. The molecule has 2 rings (SSSR count). The van der Waals surface area contributed by atoms with Crippen LogP contribution in [-0.2, 0) is 6.42 Å². The Kier molecular flexibility index (Phi) is 5.38. The Balaban J connectivity index is 1.96. The van der Waals surface area contributed by atoms with Gasteiger partial charge in [0, 0.05) is 16.5 Å². The minimum atomic E-state index is -0.472. The lowest BCUT2D eigenvalue weighted by Gasteiger charge is -2.21. The van der Waals surface area contributed by atoms with Crippen LogP contribution in [0, 0.1) is 5.41 Å². The van der Waals surface area contributed by atoms with E-state index in [1.165, 1.54) is 32.1 Å². The summed E-state index contributed by atoms with van der Waals surface area (Å²) in [6.45, 7) is 4.28. The molecular formula is C19H27NO2. The highest BCUT2D eigenvalue weighted by Crippen LogP contribution is 2.40. The third-order valence-electron chi connectivity index (χ3n) is 4.85. The van der Waals surface area contributed by atoms with E-state index in [4.69, 9.17) is 5.73 Å². The van der Waals surface area contributed by atoms with E-state index in [0.717, 1.165) is 24.8 Å². The van der Waals surface area contributed by atoms with Crippen LogP contribution < -0.4 is 5.73 Å². The van der Waals surface area contributed by atoms with Gasteiger partial charge >= 0.3 is 0 Å². The van der Waals surface area contributed by atoms with Crippen molar-refractivity contribution in [1.29, 1.82) is 0 Å². The van der Waals surface area contributed by atoms with Crippen molar-refractivity contribution >= 4 is 11.7 Å². The number of hydrogen-bond acceptors (Lipinski definition) is 2. The maximum Gasteiger partial charge on any atom is 0.248 e. The van der Waals surface area contributed by atoms with Crippen molar-refractivity contribution in [3.8, 4) is 0 Å². The monoisotopic (exact) mass is 301 g/mol. The van der Waals surface area contributed by atoms with E-state index < -0.39 is 5.91 Å². The Bertz CT molecular complexity index is 565. The number of nitrogens with two attached hydrogens (primary N) is 1. The number of Topliss-reactive ketones (excluding diaryl/α,β-unsaturated/α-hetero) is 1. The second kappa shape index (κ2) is 7.08. The molecule has 120 valence electrons. The fourth-order valence-electron chi connectivity index (χ4n) is 3.42. The van der Waals surface area contributed by atoms with Crippen molar-refractivity contribution in [2.45, 2.75) is 65.2 Å². The molecule has 0 spiro atoms. The number of ketones is 1. The molecule has 3 nitrogen and oxygen atoms in total. The van der Waals surface area contributed by atoms with Crippen LogP contribution >= 0.6 is 0 Å². The number of carbonyl (C=O) groups is 2. The lowest BCUT2D eigenvalue weighted by atomic mass is 9.81. The number of unbranched alkanes of at least 4 members (excludes halogenated alkanes) is 5. The van der Waals surface area contributed by atoms with Crippen molar-refractivity contribution < 1.29 is 9.59 Å². The quantitative estimate of drug-likeness (QED) is 0.728. The molecule has 3 heteroatoms. The molecule has 1 aliphatic rings. The molecule has 1 aromatic rings. The van der Waals surface area contributed by atoms with Crippen molar-refractivity contribution in [3.05, 3.63) is 34.9 Å². The minimum Gasteiger partial charge on any atom is -0.366 e. The van der Waals surface area contributed by atoms with Gasteiger partial charge in [-0.1, -0.05) is 58.4 Å². The predicted octanol–water partition coefficient (Wildman–Crippen LogP) is 4.28. The molecule has 0 heterocycles. The summed E-state index contributed by atoms with van der Waals surface area (Å²) >= 11 is 0. The Morgan fingerprint density at radius 1 is 1.18 bits per heavy atom. The van der Waals surface area contributed by atoms with Crippen LogP contribution in [0.1, 0.15) is 85.1 Å². The van der Waals surface area contributed by atoms with Gasteiger partial charge in [-0.2, -0.15) is 0 Å². The Hall–Kier alpha value is -1.64. The van der Waals surface area contributed by atoms with E-state index in [2.05, 4.69) is 13.8 Å². The van der Waals surface area contributed by atoms with Crippen molar-refractivity contribution in [1.82, 2.24) is 0 Å². The van der Waals surface area contributed by atoms with E-state index in [-0.39, 0.29) is 11.2 Å². The number of fused-ring (bicyclic) bond motifs is 1. The van der Waals surface area contributed by atoms with Crippen LogP contribution in [0.5, 0.6) is 0 Å².